The first-order valence-electron chi connectivity index (χ1n) is 5.65. The SMILES string of the molecule is Cc1ccnc(NCCc2cccc(F)c2)c1. The van der Waals surface area contributed by atoms with Gasteiger partial charge in [0, 0.05) is 12.7 Å². The van der Waals surface area contributed by atoms with Crippen molar-refractivity contribution >= 4 is 5.82 Å². The topological polar surface area (TPSA) is 24.9 Å². The van der Waals surface area contributed by atoms with Crippen molar-refractivity contribution in [3.63, 3.8) is 0 Å². The number of rotatable bonds is 4. The van der Waals surface area contributed by atoms with Gasteiger partial charge in [-0.1, -0.05) is 12.1 Å². The Labute approximate surface area is 101 Å². The largest absolute Gasteiger partial charge is 0.370 e. The van der Waals surface area contributed by atoms with Crippen molar-refractivity contribution in [2.75, 3.05) is 11.9 Å². The number of anilines is 1. The van der Waals surface area contributed by atoms with Crippen LogP contribution in [0, 0.1) is 12.7 Å². The zero-order valence-electron chi connectivity index (χ0n) is 9.78. The lowest BCUT2D eigenvalue weighted by atomic mass is 10.1. The summed E-state index contributed by atoms with van der Waals surface area (Å²) in [6, 6.07) is 10.6. The zero-order chi connectivity index (χ0) is 12.1. The van der Waals surface area contributed by atoms with Gasteiger partial charge in [0.1, 0.15) is 11.6 Å². The van der Waals surface area contributed by atoms with Crippen LogP contribution in [0.1, 0.15) is 11.1 Å². The maximum atomic E-state index is 12.9. The average Bonchev–Trinajstić information content (AvgIpc) is 2.29. The summed E-state index contributed by atoms with van der Waals surface area (Å²) in [6.07, 6.45) is 2.56. The lowest BCUT2D eigenvalue weighted by Gasteiger charge is -2.06. The van der Waals surface area contributed by atoms with Crippen LogP contribution in [0.15, 0.2) is 42.6 Å². The summed E-state index contributed by atoms with van der Waals surface area (Å²) >= 11 is 0. The van der Waals surface area contributed by atoms with Gasteiger partial charge in [0.25, 0.3) is 0 Å². The van der Waals surface area contributed by atoms with Crippen molar-refractivity contribution in [2.45, 2.75) is 13.3 Å². The summed E-state index contributed by atoms with van der Waals surface area (Å²) in [5, 5.41) is 3.22. The molecule has 0 aliphatic heterocycles. The highest BCUT2D eigenvalue weighted by Gasteiger charge is 1.97. The van der Waals surface area contributed by atoms with Crippen molar-refractivity contribution in [1.29, 1.82) is 0 Å². The number of hydrogen-bond donors (Lipinski definition) is 1. The van der Waals surface area contributed by atoms with Crippen molar-refractivity contribution in [2.24, 2.45) is 0 Å². The Morgan fingerprint density at radius 2 is 2.12 bits per heavy atom. The third kappa shape index (κ3) is 3.55. The molecule has 0 radical (unpaired) electrons. The van der Waals surface area contributed by atoms with Crippen molar-refractivity contribution in [3.8, 4) is 0 Å². The normalized spacial score (nSPS) is 10.2. The first kappa shape index (κ1) is 11.6. The summed E-state index contributed by atoms with van der Waals surface area (Å²) in [5.74, 6) is 0.678. The van der Waals surface area contributed by atoms with Gasteiger partial charge >= 0.3 is 0 Å². The minimum Gasteiger partial charge on any atom is -0.370 e. The number of benzene rings is 1. The van der Waals surface area contributed by atoms with E-state index in [1.807, 2.05) is 25.1 Å². The van der Waals surface area contributed by atoms with Crippen LogP contribution in [-0.4, -0.2) is 11.5 Å². The molecule has 0 aliphatic carbocycles. The lowest BCUT2D eigenvalue weighted by Crippen LogP contribution is -2.06. The fourth-order valence-corrected chi connectivity index (χ4v) is 1.66. The number of pyridine rings is 1. The fraction of sp³-hybridized carbons (Fsp3) is 0.214. The minimum absolute atomic E-state index is 0.184. The summed E-state index contributed by atoms with van der Waals surface area (Å²) < 4.78 is 12.9. The van der Waals surface area contributed by atoms with E-state index in [9.17, 15) is 4.39 Å². The molecule has 3 heteroatoms. The predicted molar refractivity (Wildman–Crippen MR) is 67.6 cm³/mol. The molecule has 1 aromatic carbocycles. The highest BCUT2D eigenvalue weighted by Crippen LogP contribution is 2.07. The van der Waals surface area contributed by atoms with E-state index < -0.39 is 0 Å². The van der Waals surface area contributed by atoms with Gasteiger partial charge in [0.15, 0.2) is 0 Å². The Morgan fingerprint density at radius 1 is 1.24 bits per heavy atom. The van der Waals surface area contributed by atoms with E-state index in [4.69, 9.17) is 0 Å². The summed E-state index contributed by atoms with van der Waals surface area (Å²) in [7, 11) is 0. The lowest BCUT2D eigenvalue weighted by molar-refractivity contribution is 0.625. The molecule has 2 nitrogen and oxygen atoms in total. The van der Waals surface area contributed by atoms with Gasteiger partial charge in [0.2, 0.25) is 0 Å². The number of hydrogen-bond acceptors (Lipinski definition) is 2. The molecule has 2 aromatic rings. The van der Waals surface area contributed by atoms with Crippen LogP contribution in [-0.2, 0) is 6.42 Å². The third-order valence-electron chi connectivity index (χ3n) is 2.52. The molecule has 88 valence electrons. The van der Waals surface area contributed by atoms with E-state index in [-0.39, 0.29) is 5.82 Å². The van der Waals surface area contributed by atoms with Gasteiger partial charge in [-0.05, 0) is 48.7 Å². The molecule has 17 heavy (non-hydrogen) atoms. The van der Waals surface area contributed by atoms with Crippen molar-refractivity contribution < 1.29 is 4.39 Å². The number of aryl methyl sites for hydroxylation is 1. The van der Waals surface area contributed by atoms with E-state index in [0.717, 1.165) is 24.3 Å². The summed E-state index contributed by atoms with van der Waals surface area (Å²) in [6.45, 7) is 2.78. The molecule has 0 spiro atoms. The molecule has 1 aromatic heterocycles. The third-order valence-corrected chi connectivity index (χ3v) is 2.52. The number of halogens is 1. The Morgan fingerprint density at radius 3 is 2.88 bits per heavy atom. The van der Waals surface area contributed by atoms with Gasteiger partial charge in [0.05, 0.1) is 0 Å². The minimum atomic E-state index is -0.184. The smallest absolute Gasteiger partial charge is 0.126 e. The van der Waals surface area contributed by atoms with Crippen LogP contribution in [0.25, 0.3) is 0 Å². The monoisotopic (exact) mass is 230 g/mol. The van der Waals surface area contributed by atoms with E-state index in [1.165, 1.54) is 11.6 Å². The second kappa shape index (κ2) is 5.43. The molecular weight excluding hydrogens is 215 g/mol. The molecule has 0 saturated heterocycles. The van der Waals surface area contributed by atoms with Gasteiger partial charge in [-0.2, -0.15) is 0 Å². The standard InChI is InChI=1S/C14H15FN2/c1-11-5-7-16-14(9-11)17-8-6-12-3-2-4-13(15)10-12/h2-5,7,9-10H,6,8H2,1H3,(H,16,17). The van der Waals surface area contributed by atoms with Gasteiger partial charge < -0.3 is 5.32 Å². The van der Waals surface area contributed by atoms with Crippen LogP contribution >= 0.6 is 0 Å². The Balaban J connectivity index is 1.87. The second-order valence-corrected chi connectivity index (χ2v) is 4.03. The van der Waals surface area contributed by atoms with Crippen LogP contribution in [0.2, 0.25) is 0 Å². The summed E-state index contributed by atoms with van der Waals surface area (Å²) in [4.78, 5) is 4.20. The van der Waals surface area contributed by atoms with Gasteiger partial charge in [-0.15, -0.1) is 0 Å². The van der Waals surface area contributed by atoms with E-state index in [0.29, 0.717) is 0 Å². The van der Waals surface area contributed by atoms with E-state index in [1.54, 1.807) is 18.3 Å². The number of aromatic nitrogens is 1. The molecule has 1 heterocycles. The van der Waals surface area contributed by atoms with Crippen molar-refractivity contribution in [3.05, 3.63) is 59.5 Å². The first-order valence-corrected chi connectivity index (χ1v) is 5.65. The molecule has 0 bridgehead atoms. The Hall–Kier alpha value is -1.90. The number of nitrogens with one attached hydrogen (secondary N) is 1. The van der Waals surface area contributed by atoms with Gasteiger partial charge in [-0.3, -0.25) is 0 Å². The molecular formula is C14H15FN2. The van der Waals surface area contributed by atoms with E-state index in [2.05, 4.69) is 10.3 Å². The van der Waals surface area contributed by atoms with Gasteiger partial charge in [-0.25, -0.2) is 9.37 Å². The van der Waals surface area contributed by atoms with Crippen LogP contribution in [0.3, 0.4) is 0 Å². The second-order valence-electron chi connectivity index (χ2n) is 4.03. The van der Waals surface area contributed by atoms with E-state index >= 15 is 0 Å². The Bertz CT molecular complexity index is 452. The molecule has 0 aliphatic rings. The fourth-order valence-electron chi connectivity index (χ4n) is 1.66. The highest BCUT2D eigenvalue weighted by molar-refractivity contribution is 5.37. The first-order chi connectivity index (χ1) is 8.24. The quantitative estimate of drug-likeness (QED) is 0.872. The molecule has 0 fully saturated rings. The van der Waals surface area contributed by atoms with Crippen molar-refractivity contribution in [1.82, 2.24) is 4.98 Å². The molecule has 1 N–H and O–H groups in total. The van der Waals surface area contributed by atoms with Crippen LogP contribution in [0.4, 0.5) is 10.2 Å². The molecule has 0 amide bonds. The number of nitrogens with zero attached hydrogens (tertiary/aromatic N) is 1. The average molecular weight is 230 g/mol. The predicted octanol–water partition coefficient (Wildman–Crippen LogP) is 3.18. The molecule has 2 rings (SSSR count). The Kier molecular flexibility index (Phi) is 3.70. The summed E-state index contributed by atoms with van der Waals surface area (Å²) in [5.41, 5.74) is 2.17. The van der Waals surface area contributed by atoms with Crippen LogP contribution < -0.4 is 5.32 Å². The molecule has 0 atom stereocenters. The molecule has 0 unspecified atom stereocenters. The highest BCUT2D eigenvalue weighted by atomic mass is 19.1. The zero-order valence-corrected chi connectivity index (χ0v) is 9.78. The molecule has 0 saturated carbocycles. The maximum absolute atomic E-state index is 12.9. The van der Waals surface area contributed by atoms with Crippen LogP contribution in [0.5, 0.6) is 0 Å². The maximum Gasteiger partial charge on any atom is 0.126 e.